The molecule has 1 saturated heterocycles. The normalized spacial score (nSPS) is 20.9. The Morgan fingerprint density at radius 2 is 2.21 bits per heavy atom. The maximum Gasteiger partial charge on any atom is 0.410 e. The Bertz CT molecular complexity index is 338. The number of nitrogens with one attached hydrogen (secondary N) is 1. The fourth-order valence-electron chi connectivity index (χ4n) is 1.94. The molecule has 2 atom stereocenters. The van der Waals surface area contributed by atoms with Crippen molar-refractivity contribution < 1.29 is 19.4 Å². The highest BCUT2D eigenvalue weighted by molar-refractivity contribution is 5.81. The summed E-state index contributed by atoms with van der Waals surface area (Å²) in [5, 5.41) is 12.6. The van der Waals surface area contributed by atoms with Crippen molar-refractivity contribution >= 4 is 12.0 Å². The van der Waals surface area contributed by atoms with Crippen molar-refractivity contribution in [3.05, 3.63) is 0 Å². The Morgan fingerprint density at radius 1 is 1.58 bits per heavy atom. The topological polar surface area (TPSA) is 78.9 Å². The van der Waals surface area contributed by atoms with E-state index in [0.29, 0.717) is 25.9 Å². The van der Waals surface area contributed by atoms with Crippen molar-refractivity contribution in [2.75, 3.05) is 20.1 Å². The van der Waals surface area contributed by atoms with Crippen molar-refractivity contribution in [2.24, 2.45) is 5.92 Å². The summed E-state index contributed by atoms with van der Waals surface area (Å²) in [5.74, 6) is -0.459. The van der Waals surface area contributed by atoms with E-state index in [2.05, 4.69) is 5.32 Å². The van der Waals surface area contributed by atoms with Gasteiger partial charge in [0.1, 0.15) is 5.60 Å². The van der Waals surface area contributed by atoms with Gasteiger partial charge in [0.05, 0.1) is 12.0 Å². The van der Waals surface area contributed by atoms with Crippen LogP contribution < -0.4 is 5.32 Å². The van der Waals surface area contributed by atoms with Gasteiger partial charge in [-0.3, -0.25) is 4.79 Å². The highest BCUT2D eigenvalue weighted by Gasteiger charge is 2.31. The molecule has 0 aromatic rings. The molecule has 0 aromatic heterocycles. The van der Waals surface area contributed by atoms with E-state index in [-0.39, 0.29) is 11.8 Å². The lowest BCUT2D eigenvalue weighted by atomic mass is 9.98. The zero-order valence-corrected chi connectivity index (χ0v) is 12.1. The number of ether oxygens (including phenoxy) is 1. The highest BCUT2D eigenvalue weighted by atomic mass is 16.6. The van der Waals surface area contributed by atoms with Crippen LogP contribution in [-0.2, 0) is 9.53 Å². The molecule has 0 aromatic carbocycles. The van der Waals surface area contributed by atoms with Crippen LogP contribution in [0.4, 0.5) is 4.79 Å². The van der Waals surface area contributed by atoms with Crippen LogP contribution in [0.25, 0.3) is 0 Å². The monoisotopic (exact) mass is 272 g/mol. The van der Waals surface area contributed by atoms with Gasteiger partial charge < -0.3 is 20.1 Å². The average Bonchev–Trinajstić information content (AvgIpc) is 2.69. The number of hydrogen-bond donors (Lipinski definition) is 2. The number of carbonyl (C=O) groups excluding carboxylic acids is 2. The third-order valence-corrected chi connectivity index (χ3v) is 3.02. The van der Waals surface area contributed by atoms with E-state index in [0.717, 1.165) is 0 Å². The van der Waals surface area contributed by atoms with Crippen LogP contribution in [0.2, 0.25) is 0 Å². The lowest BCUT2D eigenvalue weighted by Gasteiger charge is -2.25. The predicted octanol–water partition coefficient (Wildman–Crippen LogP) is 0.740. The number of amides is 2. The van der Waals surface area contributed by atoms with Crippen LogP contribution in [0.3, 0.4) is 0 Å². The smallest absolute Gasteiger partial charge is 0.410 e. The first kappa shape index (κ1) is 15.8. The molecule has 19 heavy (non-hydrogen) atoms. The third kappa shape index (κ3) is 5.06. The largest absolute Gasteiger partial charge is 0.444 e. The number of carbonyl (C=O) groups is 2. The summed E-state index contributed by atoms with van der Waals surface area (Å²) < 4.78 is 5.20. The zero-order chi connectivity index (χ0) is 14.6. The summed E-state index contributed by atoms with van der Waals surface area (Å²) >= 11 is 0. The van der Waals surface area contributed by atoms with Gasteiger partial charge in [-0.25, -0.2) is 4.79 Å². The van der Waals surface area contributed by atoms with E-state index >= 15 is 0 Å². The summed E-state index contributed by atoms with van der Waals surface area (Å²) in [6, 6.07) is 0. The lowest BCUT2D eigenvalue weighted by molar-refractivity contribution is -0.125. The van der Waals surface area contributed by atoms with Gasteiger partial charge in [0.15, 0.2) is 0 Å². The number of aliphatic hydroxyl groups is 1. The Kier molecular flexibility index (Phi) is 5.17. The molecular weight excluding hydrogens is 248 g/mol. The minimum absolute atomic E-state index is 0.104. The van der Waals surface area contributed by atoms with Crippen LogP contribution in [0.15, 0.2) is 0 Å². The second-order valence-corrected chi connectivity index (χ2v) is 5.94. The first-order valence-corrected chi connectivity index (χ1v) is 6.60. The molecule has 0 aliphatic carbocycles. The maximum atomic E-state index is 11.7. The molecule has 0 bridgehead atoms. The predicted molar refractivity (Wildman–Crippen MR) is 70.6 cm³/mol. The molecule has 6 heteroatoms. The lowest BCUT2D eigenvalue weighted by Crippen LogP contribution is -2.37. The second kappa shape index (κ2) is 6.23. The van der Waals surface area contributed by atoms with Gasteiger partial charge in [0.2, 0.25) is 5.91 Å². The van der Waals surface area contributed by atoms with Gasteiger partial charge in [0.25, 0.3) is 0 Å². The van der Waals surface area contributed by atoms with Gasteiger partial charge in [-0.15, -0.1) is 0 Å². The van der Waals surface area contributed by atoms with E-state index in [9.17, 15) is 14.7 Å². The van der Waals surface area contributed by atoms with E-state index in [1.165, 1.54) is 4.90 Å². The highest BCUT2D eigenvalue weighted by Crippen LogP contribution is 2.17. The first-order chi connectivity index (χ1) is 8.70. The van der Waals surface area contributed by atoms with E-state index in [1.54, 1.807) is 27.8 Å². The zero-order valence-electron chi connectivity index (χ0n) is 12.1. The fraction of sp³-hybridized carbons (Fsp3) is 0.846. The molecule has 2 N–H and O–H groups in total. The summed E-state index contributed by atoms with van der Waals surface area (Å²) in [6.07, 6.45) is -0.118. The maximum absolute atomic E-state index is 11.7. The first-order valence-electron chi connectivity index (χ1n) is 6.60. The van der Waals surface area contributed by atoms with Crippen LogP contribution in [0, 0.1) is 5.92 Å². The summed E-state index contributed by atoms with van der Waals surface area (Å²) in [6.45, 7) is 6.38. The molecule has 0 radical (unpaired) electrons. The van der Waals surface area contributed by atoms with E-state index in [4.69, 9.17) is 4.74 Å². The molecule has 1 aliphatic rings. The SMILES string of the molecule is CN(CCC(O)C1CCNC1=O)C(=O)OC(C)(C)C. The van der Waals surface area contributed by atoms with Crippen molar-refractivity contribution in [2.45, 2.75) is 45.3 Å². The minimum atomic E-state index is -0.715. The standard InChI is InChI=1S/C13H24N2O4/c1-13(2,3)19-12(18)15(4)8-6-10(16)9-5-7-14-11(9)17/h9-10,16H,5-8H2,1-4H3,(H,14,17). The van der Waals surface area contributed by atoms with E-state index < -0.39 is 17.8 Å². The van der Waals surface area contributed by atoms with Crippen molar-refractivity contribution in [1.82, 2.24) is 10.2 Å². The number of rotatable bonds is 4. The van der Waals surface area contributed by atoms with Gasteiger partial charge in [0, 0.05) is 20.1 Å². The van der Waals surface area contributed by atoms with Crippen LogP contribution >= 0.6 is 0 Å². The van der Waals surface area contributed by atoms with Crippen molar-refractivity contribution in [3.63, 3.8) is 0 Å². The molecule has 1 fully saturated rings. The van der Waals surface area contributed by atoms with Gasteiger partial charge in [-0.2, -0.15) is 0 Å². The molecule has 6 nitrogen and oxygen atoms in total. The Morgan fingerprint density at radius 3 is 2.68 bits per heavy atom. The van der Waals surface area contributed by atoms with Crippen molar-refractivity contribution in [1.29, 1.82) is 0 Å². The number of aliphatic hydroxyl groups excluding tert-OH is 1. The molecule has 2 unspecified atom stereocenters. The quantitative estimate of drug-likeness (QED) is 0.791. The summed E-state index contributed by atoms with van der Waals surface area (Å²) in [5.41, 5.74) is -0.532. The second-order valence-electron chi connectivity index (χ2n) is 5.94. The molecule has 0 spiro atoms. The number of nitrogens with zero attached hydrogens (tertiary/aromatic N) is 1. The summed E-state index contributed by atoms with van der Waals surface area (Å²) in [4.78, 5) is 24.5. The fourth-order valence-corrected chi connectivity index (χ4v) is 1.94. The van der Waals surface area contributed by atoms with Crippen LogP contribution in [0.1, 0.15) is 33.6 Å². The molecular formula is C13H24N2O4. The molecule has 1 aliphatic heterocycles. The molecule has 110 valence electrons. The number of hydrogen-bond acceptors (Lipinski definition) is 4. The third-order valence-electron chi connectivity index (χ3n) is 3.02. The van der Waals surface area contributed by atoms with E-state index in [1.807, 2.05) is 0 Å². The molecule has 2 amide bonds. The Labute approximate surface area is 114 Å². The van der Waals surface area contributed by atoms with Crippen LogP contribution in [0.5, 0.6) is 0 Å². The van der Waals surface area contributed by atoms with Crippen LogP contribution in [-0.4, -0.2) is 53.8 Å². The minimum Gasteiger partial charge on any atom is -0.444 e. The summed E-state index contributed by atoms with van der Waals surface area (Å²) in [7, 11) is 1.62. The van der Waals surface area contributed by atoms with Gasteiger partial charge >= 0.3 is 6.09 Å². The molecule has 1 heterocycles. The van der Waals surface area contributed by atoms with Gasteiger partial charge in [-0.1, -0.05) is 0 Å². The van der Waals surface area contributed by atoms with Gasteiger partial charge in [-0.05, 0) is 33.6 Å². The molecule has 0 saturated carbocycles. The Balaban J connectivity index is 2.35. The molecule has 1 rings (SSSR count). The van der Waals surface area contributed by atoms with Crippen molar-refractivity contribution in [3.8, 4) is 0 Å². The average molecular weight is 272 g/mol. The Hall–Kier alpha value is -1.30.